The Hall–Kier alpha value is -0.0800. The van der Waals surface area contributed by atoms with Crippen molar-refractivity contribution in [3.8, 4) is 0 Å². The van der Waals surface area contributed by atoms with Crippen LogP contribution in [0.3, 0.4) is 0 Å². The van der Waals surface area contributed by atoms with Gasteiger partial charge < -0.3 is 0 Å². The molecule has 0 unspecified atom stereocenters. The maximum Gasteiger partial charge on any atom is 0.122 e. The Morgan fingerprint density at radius 2 is 1.38 bits per heavy atom. The van der Waals surface area contributed by atoms with Crippen LogP contribution < -0.4 is 0 Å². The van der Waals surface area contributed by atoms with Gasteiger partial charge in [0.25, 0.3) is 0 Å². The summed E-state index contributed by atoms with van der Waals surface area (Å²) in [5.41, 5.74) is 0. The lowest BCUT2D eigenvalue weighted by atomic mass is 9.94. The smallest absolute Gasteiger partial charge is 0.122 e. The summed E-state index contributed by atoms with van der Waals surface area (Å²) < 4.78 is 0. The maximum atomic E-state index is 4.83. The zero-order valence-corrected chi connectivity index (χ0v) is 4.80. The van der Waals surface area contributed by atoms with Gasteiger partial charge in [0, 0.05) is 0 Å². The van der Waals surface area contributed by atoms with Crippen molar-refractivity contribution >= 4 is 0 Å². The molecule has 2 heteroatoms. The minimum atomic E-state index is 0.462. The molecule has 2 atom stereocenters. The average Bonchev–Trinajstić information content (AvgIpc) is 1.72. The molecule has 0 radical (unpaired) electrons. The monoisotopic (exact) mass is 114 g/mol. The van der Waals surface area contributed by atoms with Gasteiger partial charge in [-0.05, 0) is 12.8 Å². The lowest BCUT2D eigenvalue weighted by Crippen LogP contribution is -2.44. The molecule has 1 aliphatic carbocycles. The highest BCUT2D eigenvalue weighted by molar-refractivity contribution is 4.78. The molecule has 1 heterocycles. The molecule has 1 saturated carbocycles. The first kappa shape index (κ1) is 4.77. The van der Waals surface area contributed by atoms with Crippen LogP contribution >= 0.6 is 0 Å². The quantitative estimate of drug-likeness (QED) is 0.441. The predicted molar refractivity (Wildman–Crippen MR) is 28.2 cm³/mol. The Morgan fingerprint density at radius 3 is 1.62 bits per heavy atom. The molecule has 0 N–H and O–H groups in total. The molecular weight excluding hydrogens is 104 g/mol. The normalized spacial score (nSPS) is 45.0. The predicted octanol–water partition coefficient (Wildman–Crippen LogP) is 1.26. The average molecular weight is 114 g/mol. The Morgan fingerprint density at radius 1 is 0.875 bits per heavy atom. The second-order valence-corrected chi connectivity index (χ2v) is 2.55. The Bertz CT molecular complexity index is 80.5. The number of hydrogen-bond acceptors (Lipinski definition) is 2. The summed E-state index contributed by atoms with van der Waals surface area (Å²) in [4.78, 5) is 9.67. The van der Waals surface area contributed by atoms with Crippen LogP contribution in [0.4, 0.5) is 0 Å². The van der Waals surface area contributed by atoms with Gasteiger partial charge in [0.05, 0.1) is 0 Å². The van der Waals surface area contributed by atoms with Gasteiger partial charge in [0.1, 0.15) is 12.2 Å². The van der Waals surface area contributed by atoms with Gasteiger partial charge in [0.2, 0.25) is 0 Å². The van der Waals surface area contributed by atoms with Crippen molar-refractivity contribution in [1.29, 1.82) is 0 Å². The molecule has 2 nitrogen and oxygen atoms in total. The molecule has 2 fully saturated rings. The zero-order chi connectivity index (χ0) is 5.40. The molecule has 8 heavy (non-hydrogen) atoms. The summed E-state index contributed by atoms with van der Waals surface area (Å²) in [6.07, 6.45) is 6.00. The van der Waals surface area contributed by atoms with E-state index in [2.05, 4.69) is 0 Å². The van der Waals surface area contributed by atoms with Crippen LogP contribution in [0.25, 0.3) is 0 Å². The van der Waals surface area contributed by atoms with E-state index in [4.69, 9.17) is 9.78 Å². The van der Waals surface area contributed by atoms with E-state index in [9.17, 15) is 0 Å². The fourth-order valence-electron chi connectivity index (χ4n) is 1.37. The maximum absolute atomic E-state index is 4.83. The Labute approximate surface area is 48.7 Å². The van der Waals surface area contributed by atoms with Crippen LogP contribution in [0.1, 0.15) is 25.7 Å². The fourth-order valence-corrected chi connectivity index (χ4v) is 1.37. The topological polar surface area (TPSA) is 18.5 Å². The molecule has 0 spiro atoms. The van der Waals surface area contributed by atoms with Crippen molar-refractivity contribution < 1.29 is 9.78 Å². The van der Waals surface area contributed by atoms with Crippen molar-refractivity contribution in [1.82, 2.24) is 0 Å². The van der Waals surface area contributed by atoms with Crippen LogP contribution in [0.15, 0.2) is 0 Å². The van der Waals surface area contributed by atoms with Crippen LogP contribution in [0.2, 0.25) is 0 Å². The van der Waals surface area contributed by atoms with Crippen LogP contribution in [-0.2, 0) is 9.78 Å². The van der Waals surface area contributed by atoms with E-state index in [-0.39, 0.29) is 0 Å². The van der Waals surface area contributed by atoms with Crippen molar-refractivity contribution in [3.05, 3.63) is 0 Å². The van der Waals surface area contributed by atoms with E-state index >= 15 is 0 Å². The van der Waals surface area contributed by atoms with Gasteiger partial charge in [-0.15, -0.1) is 0 Å². The highest BCUT2D eigenvalue weighted by Crippen LogP contribution is 2.30. The minimum Gasteiger partial charge on any atom is -0.230 e. The van der Waals surface area contributed by atoms with Crippen molar-refractivity contribution in [2.45, 2.75) is 37.9 Å². The largest absolute Gasteiger partial charge is 0.230 e. The fraction of sp³-hybridized carbons (Fsp3) is 1.00. The number of hydrogen-bond donors (Lipinski definition) is 0. The lowest BCUT2D eigenvalue weighted by molar-refractivity contribution is -0.470. The van der Waals surface area contributed by atoms with Crippen LogP contribution in [0, 0.1) is 0 Å². The molecule has 46 valence electrons. The van der Waals surface area contributed by atoms with Crippen molar-refractivity contribution in [3.63, 3.8) is 0 Å². The van der Waals surface area contributed by atoms with E-state index in [0.29, 0.717) is 12.2 Å². The first-order chi connectivity index (χ1) is 3.97. The highest BCUT2D eigenvalue weighted by atomic mass is 17.2. The first-order valence-corrected chi connectivity index (χ1v) is 3.29. The molecule has 0 bridgehead atoms. The molecule has 1 aliphatic heterocycles. The van der Waals surface area contributed by atoms with Crippen LogP contribution in [-0.4, -0.2) is 12.2 Å². The third kappa shape index (κ3) is 0.565. The van der Waals surface area contributed by atoms with E-state index in [1.165, 1.54) is 25.7 Å². The summed E-state index contributed by atoms with van der Waals surface area (Å²) in [6.45, 7) is 0. The second-order valence-electron chi connectivity index (χ2n) is 2.55. The van der Waals surface area contributed by atoms with Gasteiger partial charge >= 0.3 is 0 Å². The number of fused-ring (bicyclic) bond motifs is 1. The molecule has 1 saturated heterocycles. The first-order valence-electron chi connectivity index (χ1n) is 3.29. The van der Waals surface area contributed by atoms with E-state index in [0.717, 1.165) is 0 Å². The summed E-state index contributed by atoms with van der Waals surface area (Å²) in [5, 5.41) is 0. The molecule has 2 aliphatic rings. The Balaban J connectivity index is 1.92. The molecular formula is C6H10O2. The molecule has 0 aromatic rings. The van der Waals surface area contributed by atoms with Gasteiger partial charge in [-0.1, -0.05) is 12.8 Å². The SMILES string of the molecule is C1CC[C@H]2OO[C@H]2C1. The molecule has 0 amide bonds. The highest BCUT2D eigenvalue weighted by Gasteiger charge is 2.36. The summed E-state index contributed by atoms with van der Waals surface area (Å²) in [5.74, 6) is 0. The third-order valence-corrected chi connectivity index (χ3v) is 1.94. The van der Waals surface area contributed by atoms with Crippen molar-refractivity contribution in [2.75, 3.05) is 0 Å². The van der Waals surface area contributed by atoms with Gasteiger partial charge in [-0.25, -0.2) is 9.78 Å². The standard InChI is InChI=1S/C6H10O2/c1-2-4-6-5(3-1)7-8-6/h5-6H,1-4H2/t5-,6+. The third-order valence-electron chi connectivity index (χ3n) is 1.94. The minimum absolute atomic E-state index is 0.462. The Kier molecular flexibility index (Phi) is 1.02. The molecule has 0 aromatic carbocycles. The molecule has 2 rings (SSSR count). The summed E-state index contributed by atoms with van der Waals surface area (Å²) >= 11 is 0. The van der Waals surface area contributed by atoms with Gasteiger partial charge in [-0.2, -0.15) is 0 Å². The van der Waals surface area contributed by atoms with Crippen LogP contribution in [0.5, 0.6) is 0 Å². The van der Waals surface area contributed by atoms with Gasteiger partial charge in [-0.3, -0.25) is 0 Å². The molecule has 0 aromatic heterocycles. The second kappa shape index (κ2) is 1.71. The van der Waals surface area contributed by atoms with E-state index < -0.39 is 0 Å². The summed E-state index contributed by atoms with van der Waals surface area (Å²) in [6, 6.07) is 0. The van der Waals surface area contributed by atoms with Crippen molar-refractivity contribution in [2.24, 2.45) is 0 Å². The van der Waals surface area contributed by atoms with E-state index in [1.54, 1.807) is 0 Å². The summed E-state index contributed by atoms with van der Waals surface area (Å²) in [7, 11) is 0. The number of rotatable bonds is 0. The zero-order valence-electron chi connectivity index (χ0n) is 4.80. The van der Waals surface area contributed by atoms with E-state index in [1.807, 2.05) is 0 Å². The van der Waals surface area contributed by atoms with Gasteiger partial charge in [0.15, 0.2) is 0 Å². The lowest BCUT2D eigenvalue weighted by Gasteiger charge is -2.37.